The quantitative estimate of drug-likeness (QED) is 0.925. The smallest absolute Gasteiger partial charge is 0.289 e. The molecule has 1 aliphatic rings. The van der Waals surface area contributed by atoms with Gasteiger partial charge in [-0.05, 0) is 57.7 Å². The fraction of sp³-hybridized carbons (Fsp3) is 0.500. The fourth-order valence-electron chi connectivity index (χ4n) is 3.31. The highest BCUT2D eigenvalue weighted by Crippen LogP contribution is 2.29. The molecule has 0 spiro atoms. The Kier molecular flexibility index (Phi) is 4.69. The van der Waals surface area contributed by atoms with Crippen LogP contribution in [0.25, 0.3) is 11.0 Å². The highest BCUT2D eigenvalue weighted by atomic mass is 16.3. The van der Waals surface area contributed by atoms with Gasteiger partial charge in [0.2, 0.25) is 0 Å². The molecule has 2 aromatic rings. The van der Waals surface area contributed by atoms with Crippen molar-refractivity contribution in [3.8, 4) is 0 Å². The number of nitrogens with zero attached hydrogens (tertiary/aromatic N) is 1. The number of hydrogen-bond donors (Lipinski definition) is 1. The summed E-state index contributed by atoms with van der Waals surface area (Å²) < 4.78 is 5.86. The first-order valence-corrected chi connectivity index (χ1v) is 8.86. The van der Waals surface area contributed by atoms with E-state index in [1.807, 2.05) is 36.9 Å². The van der Waals surface area contributed by atoms with E-state index >= 15 is 0 Å². The van der Waals surface area contributed by atoms with Crippen molar-refractivity contribution in [3.05, 3.63) is 35.1 Å². The van der Waals surface area contributed by atoms with Crippen molar-refractivity contribution in [2.45, 2.75) is 52.0 Å². The van der Waals surface area contributed by atoms with Crippen LogP contribution < -0.4 is 5.73 Å². The van der Waals surface area contributed by atoms with Crippen LogP contribution in [-0.2, 0) is 11.2 Å². The predicted octanol–water partition coefficient (Wildman–Crippen LogP) is 3.22. The van der Waals surface area contributed by atoms with Crippen LogP contribution >= 0.6 is 0 Å². The van der Waals surface area contributed by atoms with Crippen molar-refractivity contribution in [2.24, 2.45) is 5.73 Å². The molecular weight excluding hydrogens is 316 g/mol. The van der Waals surface area contributed by atoms with Gasteiger partial charge >= 0.3 is 0 Å². The zero-order valence-corrected chi connectivity index (χ0v) is 15.2. The van der Waals surface area contributed by atoms with E-state index in [9.17, 15) is 9.59 Å². The van der Waals surface area contributed by atoms with Gasteiger partial charge in [-0.3, -0.25) is 4.79 Å². The highest BCUT2D eigenvalue weighted by molar-refractivity contribution is 5.99. The third kappa shape index (κ3) is 3.76. The third-order valence-electron chi connectivity index (χ3n) is 5.15. The summed E-state index contributed by atoms with van der Waals surface area (Å²) in [5.74, 6) is 0.533. The van der Waals surface area contributed by atoms with Gasteiger partial charge in [0.1, 0.15) is 11.4 Å². The van der Waals surface area contributed by atoms with Crippen molar-refractivity contribution in [3.63, 3.8) is 0 Å². The normalized spacial score (nSPS) is 17.0. The summed E-state index contributed by atoms with van der Waals surface area (Å²) in [6.07, 6.45) is 2.83. The second kappa shape index (κ2) is 6.64. The first-order chi connectivity index (χ1) is 11.8. The molecule has 0 bridgehead atoms. The Labute approximate surface area is 148 Å². The Bertz CT molecular complexity index is 810. The number of benzene rings is 1. The van der Waals surface area contributed by atoms with E-state index in [0.29, 0.717) is 37.3 Å². The summed E-state index contributed by atoms with van der Waals surface area (Å²) in [5, 5.41) is 0.949. The molecule has 5 nitrogen and oxygen atoms in total. The summed E-state index contributed by atoms with van der Waals surface area (Å²) >= 11 is 0. The molecule has 1 aliphatic heterocycles. The molecule has 0 atom stereocenters. The van der Waals surface area contributed by atoms with Gasteiger partial charge in [0.05, 0.1) is 0 Å². The second-order valence-electron chi connectivity index (χ2n) is 7.53. The Morgan fingerprint density at radius 1 is 1.28 bits per heavy atom. The molecule has 2 N–H and O–H groups in total. The maximum Gasteiger partial charge on any atom is 0.289 e. The SMILES string of the molecule is CC(=O)CCc1ccc2oc(C(=O)N3CCC(C)(N)CC3)c(C)c2c1. The molecule has 25 heavy (non-hydrogen) atoms. The number of Topliss-reactive ketones (excluding diaryl/α,β-unsaturated/α-hetero) is 1. The van der Waals surface area contributed by atoms with E-state index < -0.39 is 0 Å². The molecule has 1 saturated heterocycles. The lowest BCUT2D eigenvalue weighted by Gasteiger charge is -2.36. The van der Waals surface area contributed by atoms with Crippen molar-refractivity contribution < 1.29 is 14.0 Å². The second-order valence-corrected chi connectivity index (χ2v) is 7.53. The Hall–Kier alpha value is -2.14. The van der Waals surface area contributed by atoms with Crippen LogP contribution in [0.2, 0.25) is 0 Å². The highest BCUT2D eigenvalue weighted by Gasteiger charge is 2.31. The van der Waals surface area contributed by atoms with Gasteiger partial charge in [0.25, 0.3) is 5.91 Å². The van der Waals surface area contributed by atoms with Gasteiger partial charge in [0, 0.05) is 36.0 Å². The Morgan fingerprint density at radius 3 is 2.60 bits per heavy atom. The minimum Gasteiger partial charge on any atom is -0.451 e. The average Bonchev–Trinajstić information content (AvgIpc) is 2.89. The minimum atomic E-state index is -0.189. The molecule has 2 heterocycles. The molecule has 1 amide bonds. The van der Waals surface area contributed by atoms with E-state index in [0.717, 1.165) is 29.4 Å². The number of carbonyl (C=O) groups is 2. The lowest BCUT2D eigenvalue weighted by Crippen LogP contribution is -2.49. The minimum absolute atomic E-state index is 0.0607. The third-order valence-corrected chi connectivity index (χ3v) is 5.15. The Morgan fingerprint density at radius 2 is 1.96 bits per heavy atom. The van der Waals surface area contributed by atoms with Gasteiger partial charge < -0.3 is 19.8 Å². The van der Waals surface area contributed by atoms with Crippen LogP contribution in [0.1, 0.15) is 54.8 Å². The molecule has 134 valence electrons. The van der Waals surface area contributed by atoms with Gasteiger partial charge in [-0.15, -0.1) is 0 Å². The maximum atomic E-state index is 12.8. The van der Waals surface area contributed by atoms with Gasteiger partial charge in [-0.1, -0.05) is 6.07 Å². The van der Waals surface area contributed by atoms with Crippen molar-refractivity contribution in [1.29, 1.82) is 0 Å². The molecule has 1 aromatic carbocycles. The summed E-state index contributed by atoms with van der Waals surface area (Å²) in [5.41, 5.74) is 8.63. The van der Waals surface area contributed by atoms with Crippen molar-refractivity contribution in [1.82, 2.24) is 4.90 Å². The number of likely N-dealkylation sites (tertiary alicyclic amines) is 1. The van der Waals surface area contributed by atoms with E-state index in [-0.39, 0.29) is 17.2 Å². The molecule has 3 rings (SSSR count). The molecule has 1 fully saturated rings. The zero-order chi connectivity index (χ0) is 18.2. The van der Waals surface area contributed by atoms with Crippen LogP contribution in [0, 0.1) is 6.92 Å². The number of hydrogen-bond acceptors (Lipinski definition) is 4. The number of furan rings is 1. The number of amides is 1. The van der Waals surface area contributed by atoms with Gasteiger partial charge in [-0.25, -0.2) is 0 Å². The first-order valence-electron chi connectivity index (χ1n) is 8.86. The molecule has 0 saturated carbocycles. The van der Waals surface area contributed by atoms with Crippen LogP contribution in [0.5, 0.6) is 0 Å². The first kappa shape index (κ1) is 17.7. The van der Waals surface area contributed by atoms with Crippen LogP contribution in [0.3, 0.4) is 0 Å². The lowest BCUT2D eigenvalue weighted by atomic mass is 9.91. The number of nitrogens with two attached hydrogens (primary N) is 1. The zero-order valence-electron chi connectivity index (χ0n) is 15.2. The van der Waals surface area contributed by atoms with Crippen LogP contribution in [0.4, 0.5) is 0 Å². The molecule has 0 radical (unpaired) electrons. The number of carbonyl (C=O) groups excluding carboxylic acids is 2. The number of piperidine rings is 1. The molecule has 0 aliphatic carbocycles. The average molecular weight is 342 g/mol. The Balaban J connectivity index is 1.83. The van der Waals surface area contributed by atoms with Crippen molar-refractivity contribution >= 4 is 22.7 Å². The van der Waals surface area contributed by atoms with Gasteiger partial charge in [0.15, 0.2) is 5.76 Å². The maximum absolute atomic E-state index is 12.8. The summed E-state index contributed by atoms with van der Waals surface area (Å²) in [6.45, 7) is 6.87. The number of fused-ring (bicyclic) bond motifs is 1. The summed E-state index contributed by atoms with van der Waals surface area (Å²) in [7, 11) is 0. The molecule has 1 aromatic heterocycles. The van der Waals surface area contributed by atoms with E-state index in [1.54, 1.807) is 6.92 Å². The topological polar surface area (TPSA) is 76.5 Å². The van der Waals surface area contributed by atoms with E-state index in [4.69, 9.17) is 10.2 Å². The number of ketones is 1. The predicted molar refractivity (Wildman–Crippen MR) is 97.7 cm³/mol. The standard InChI is InChI=1S/C20H26N2O3/c1-13(23)4-5-15-6-7-17-16(12-15)14(2)18(25-17)19(24)22-10-8-20(3,21)9-11-22/h6-7,12H,4-5,8-11,21H2,1-3H3. The molecule has 5 heteroatoms. The lowest BCUT2D eigenvalue weighted by molar-refractivity contribution is -0.116. The van der Waals surface area contributed by atoms with E-state index in [1.165, 1.54) is 0 Å². The largest absolute Gasteiger partial charge is 0.451 e. The molecular formula is C20H26N2O3. The van der Waals surface area contributed by atoms with Crippen molar-refractivity contribution in [2.75, 3.05) is 13.1 Å². The van der Waals surface area contributed by atoms with Crippen LogP contribution in [0.15, 0.2) is 22.6 Å². The summed E-state index contributed by atoms with van der Waals surface area (Å²) in [6, 6.07) is 5.88. The molecule has 0 unspecified atom stereocenters. The number of aryl methyl sites for hydroxylation is 2. The summed E-state index contributed by atoms with van der Waals surface area (Å²) in [4.78, 5) is 25.9. The monoisotopic (exact) mass is 342 g/mol. The van der Waals surface area contributed by atoms with E-state index in [2.05, 4.69) is 0 Å². The fourth-order valence-corrected chi connectivity index (χ4v) is 3.31. The van der Waals surface area contributed by atoms with Crippen LogP contribution in [-0.4, -0.2) is 35.2 Å². The number of rotatable bonds is 4. The van der Waals surface area contributed by atoms with Gasteiger partial charge in [-0.2, -0.15) is 0 Å².